The summed E-state index contributed by atoms with van der Waals surface area (Å²) in [6.07, 6.45) is 1.30. The van der Waals surface area contributed by atoms with Crippen molar-refractivity contribution in [3.05, 3.63) is 65.5 Å². The number of aliphatic carboxylic acids is 1. The molecule has 2 heterocycles. The summed E-state index contributed by atoms with van der Waals surface area (Å²) in [6, 6.07) is 13.0. The van der Waals surface area contributed by atoms with Crippen LogP contribution in [0.15, 0.2) is 57.7 Å². The number of hydrogen-bond donors (Lipinski definition) is 1. The van der Waals surface area contributed by atoms with Crippen LogP contribution < -0.4 is 9.47 Å². The number of ether oxygens (including phenoxy) is 3. The number of benzene rings is 2. The Hall–Kier alpha value is -3.78. The summed E-state index contributed by atoms with van der Waals surface area (Å²) in [6.45, 7) is 0.714. The molecule has 2 aromatic carbocycles. The van der Waals surface area contributed by atoms with E-state index in [4.69, 9.17) is 28.3 Å². The molecule has 31 heavy (non-hydrogen) atoms. The fourth-order valence-corrected chi connectivity index (χ4v) is 3.26. The maximum absolute atomic E-state index is 11.0. The average Bonchev–Trinajstić information content (AvgIpc) is 3.39. The van der Waals surface area contributed by atoms with Crippen molar-refractivity contribution in [2.45, 2.75) is 19.6 Å². The summed E-state index contributed by atoms with van der Waals surface area (Å²) in [5.41, 5.74) is 3.68. The summed E-state index contributed by atoms with van der Waals surface area (Å²) in [5, 5.41) is 13.8. The second kappa shape index (κ2) is 8.93. The van der Waals surface area contributed by atoms with E-state index in [1.165, 1.54) is 13.4 Å². The number of carboxylic acid groups (broad SMARTS) is 1. The highest BCUT2D eigenvalue weighted by Gasteiger charge is 2.16. The molecule has 0 aliphatic carbocycles. The molecule has 0 aliphatic rings. The lowest BCUT2D eigenvalue weighted by Gasteiger charge is -2.09. The quantitative estimate of drug-likeness (QED) is 0.421. The zero-order valence-corrected chi connectivity index (χ0v) is 17.1. The third-order valence-electron chi connectivity index (χ3n) is 4.77. The molecular formula is C23H21NO7. The lowest BCUT2D eigenvalue weighted by Crippen LogP contribution is -2.00. The summed E-state index contributed by atoms with van der Waals surface area (Å²) >= 11 is 0. The maximum atomic E-state index is 11.0. The molecule has 0 atom stereocenters. The van der Waals surface area contributed by atoms with Crippen LogP contribution in [0.1, 0.15) is 16.8 Å². The fraction of sp³-hybridized carbons (Fsp3) is 0.217. The van der Waals surface area contributed by atoms with Gasteiger partial charge in [-0.1, -0.05) is 29.4 Å². The van der Waals surface area contributed by atoms with Crippen LogP contribution in [0.2, 0.25) is 0 Å². The van der Waals surface area contributed by atoms with Crippen molar-refractivity contribution in [1.29, 1.82) is 0 Å². The number of nitrogens with zero attached hydrogens (tertiary/aromatic N) is 1. The number of fused-ring (bicyclic) bond motifs is 1. The van der Waals surface area contributed by atoms with Gasteiger partial charge in [-0.2, -0.15) is 0 Å². The third-order valence-corrected chi connectivity index (χ3v) is 4.77. The molecular weight excluding hydrogens is 402 g/mol. The van der Waals surface area contributed by atoms with Crippen LogP contribution in [-0.2, 0) is 29.2 Å². The third kappa shape index (κ3) is 4.54. The predicted molar refractivity (Wildman–Crippen MR) is 111 cm³/mol. The van der Waals surface area contributed by atoms with Gasteiger partial charge in [-0.25, -0.2) is 0 Å². The molecule has 0 radical (unpaired) electrons. The van der Waals surface area contributed by atoms with E-state index < -0.39 is 5.97 Å². The second-order valence-electron chi connectivity index (χ2n) is 6.93. The Morgan fingerprint density at radius 1 is 1.06 bits per heavy atom. The number of hydrogen-bond acceptors (Lipinski definition) is 7. The first kappa shape index (κ1) is 20.5. The van der Waals surface area contributed by atoms with Crippen LogP contribution in [0.4, 0.5) is 0 Å². The Morgan fingerprint density at radius 2 is 1.87 bits per heavy atom. The molecule has 1 N–H and O–H groups in total. The number of carbonyl (C=O) groups is 1. The minimum atomic E-state index is -0.933. The molecule has 2 aromatic heterocycles. The van der Waals surface area contributed by atoms with Gasteiger partial charge in [0.15, 0.2) is 17.3 Å². The highest BCUT2D eigenvalue weighted by molar-refractivity contribution is 5.88. The molecule has 8 nitrogen and oxygen atoms in total. The molecule has 4 rings (SSSR count). The number of rotatable bonds is 9. The Bertz CT molecular complexity index is 1190. The summed E-state index contributed by atoms with van der Waals surface area (Å²) in [4.78, 5) is 11.0. The number of furan rings is 1. The van der Waals surface area contributed by atoms with Crippen molar-refractivity contribution >= 4 is 16.9 Å². The predicted octanol–water partition coefficient (Wildman–Crippen LogP) is 4.45. The van der Waals surface area contributed by atoms with Crippen molar-refractivity contribution < 1.29 is 33.1 Å². The van der Waals surface area contributed by atoms with Gasteiger partial charge >= 0.3 is 5.97 Å². The number of carboxylic acids is 1. The van der Waals surface area contributed by atoms with Crippen LogP contribution in [0, 0.1) is 0 Å². The van der Waals surface area contributed by atoms with E-state index in [1.807, 2.05) is 30.3 Å². The van der Waals surface area contributed by atoms with Crippen LogP contribution in [0.5, 0.6) is 11.5 Å². The molecule has 0 spiro atoms. The van der Waals surface area contributed by atoms with Crippen LogP contribution in [0.3, 0.4) is 0 Å². The topological polar surface area (TPSA) is 104 Å². The zero-order chi connectivity index (χ0) is 21.8. The van der Waals surface area contributed by atoms with Crippen molar-refractivity contribution in [2.75, 3.05) is 14.2 Å². The van der Waals surface area contributed by atoms with Crippen molar-refractivity contribution in [1.82, 2.24) is 5.16 Å². The Labute approximate surface area is 177 Å². The normalized spacial score (nSPS) is 11.0. The SMILES string of the molecule is COCc1ccc(-c2cc(COc3cc4occ(CC(=O)O)c4cc3OC)no2)cc1. The van der Waals surface area contributed by atoms with Crippen LogP contribution in [-0.4, -0.2) is 30.5 Å². The van der Waals surface area contributed by atoms with Gasteiger partial charge in [0.05, 0.1) is 26.4 Å². The van der Waals surface area contributed by atoms with Gasteiger partial charge in [0.25, 0.3) is 0 Å². The molecule has 0 aliphatic heterocycles. The number of aromatic nitrogens is 1. The van der Waals surface area contributed by atoms with Crippen molar-refractivity contribution in [3.8, 4) is 22.8 Å². The van der Waals surface area contributed by atoms with Crippen molar-refractivity contribution in [3.63, 3.8) is 0 Å². The van der Waals surface area contributed by atoms with Crippen LogP contribution >= 0.6 is 0 Å². The summed E-state index contributed by atoms with van der Waals surface area (Å²) in [5.74, 6) is 0.629. The molecule has 0 saturated carbocycles. The zero-order valence-electron chi connectivity index (χ0n) is 17.1. The van der Waals surface area contributed by atoms with Gasteiger partial charge in [-0.15, -0.1) is 0 Å². The summed E-state index contributed by atoms with van der Waals surface area (Å²) < 4.78 is 27.3. The largest absolute Gasteiger partial charge is 0.493 e. The Morgan fingerprint density at radius 3 is 2.58 bits per heavy atom. The monoisotopic (exact) mass is 423 g/mol. The van der Waals surface area contributed by atoms with Crippen molar-refractivity contribution in [2.24, 2.45) is 0 Å². The molecule has 4 aromatic rings. The summed E-state index contributed by atoms with van der Waals surface area (Å²) in [7, 11) is 3.18. The first-order chi connectivity index (χ1) is 15.1. The lowest BCUT2D eigenvalue weighted by atomic mass is 10.1. The van der Waals surface area contributed by atoms with E-state index in [2.05, 4.69) is 5.16 Å². The first-order valence-electron chi connectivity index (χ1n) is 9.54. The molecule has 160 valence electrons. The van der Waals surface area contributed by atoms with E-state index in [1.54, 1.807) is 19.2 Å². The molecule has 0 unspecified atom stereocenters. The smallest absolute Gasteiger partial charge is 0.307 e. The number of methoxy groups -OCH3 is 2. The second-order valence-corrected chi connectivity index (χ2v) is 6.93. The highest BCUT2D eigenvalue weighted by atomic mass is 16.5. The van der Waals surface area contributed by atoms with E-state index in [0.29, 0.717) is 46.1 Å². The van der Waals surface area contributed by atoms with E-state index >= 15 is 0 Å². The average molecular weight is 423 g/mol. The van der Waals surface area contributed by atoms with Gasteiger partial charge in [-0.3, -0.25) is 4.79 Å². The Kier molecular flexibility index (Phi) is 5.90. The van der Waals surface area contributed by atoms with E-state index in [9.17, 15) is 4.79 Å². The lowest BCUT2D eigenvalue weighted by molar-refractivity contribution is -0.136. The first-order valence-corrected chi connectivity index (χ1v) is 9.54. The maximum Gasteiger partial charge on any atom is 0.307 e. The molecule has 0 saturated heterocycles. The molecule has 0 amide bonds. The van der Waals surface area contributed by atoms with E-state index in [0.717, 1.165) is 11.1 Å². The minimum Gasteiger partial charge on any atom is -0.493 e. The van der Waals surface area contributed by atoms with Gasteiger partial charge < -0.3 is 28.3 Å². The Balaban J connectivity index is 1.49. The van der Waals surface area contributed by atoms with Gasteiger partial charge in [0, 0.05) is 35.8 Å². The molecule has 0 bridgehead atoms. The minimum absolute atomic E-state index is 0.134. The molecule has 8 heteroatoms. The standard InChI is InChI=1S/C23H21NO7/c1-27-11-14-3-5-15(6-4-14)19-8-17(24-31-19)13-30-22-10-20-18(9-21(22)28-2)16(12-29-20)7-23(25)26/h3-6,8-10,12H,7,11,13H2,1-2H3,(H,25,26). The van der Waals surface area contributed by atoms with Crippen LogP contribution in [0.25, 0.3) is 22.3 Å². The fourth-order valence-electron chi connectivity index (χ4n) is 3.26. The molecule has 0 fully saturated rings. The highest BCUT2D eigenvalue weighted by Crippen LogP contribution is 2.35. The van der Waals surface area contributed by atoms with Gasteiger partial charge in [0.1, 0.15) is 17.9 Å². The van der Waals surface area contributed by atoms with E-state index in [-0.39, 0.29) is 13.0 Å². The van der Waals surface area contributed by atoms with Gasteiger partial charge in [-0.05, 0) is 11.6 Å². The van der Waals surface area contributed by atoms with Gasteiger partial charge in [0.2, 0.25) is 0 Å².